The SMILES string of the molecule is COC(=O)c1cc([N+](=O)[O-])c(N2CCC(C(O)c3nccn3C)CC2)cc1Cl. The second-order valence-corrected chi connectivity index (χ2v) is 7.14. The summed E-state index contributed by atoms with van der Waals surface area (Å²) in [5, 5.41) is 22.2. The second kappa shape index (κ2) is 8.15. The van der Waals surface area contributed by atoms with E-state index >= 15 is 0 Å². The summed E-state index contributed by atoms with van der Waals surface area (Å²) in [5.41, 5.74) is 0.111. The number of aliphatic hydroxyl groups is 1. The van der Waals surface area contributed by atoms with E-state index in [1.165, 1.54) is 13.2 Å². The van der Waals surface area contributed by atoms with E-state index in [-0.39, 0.29) is 22.2 Å². The molecule has 1 aliphatic heterocycles. The van der Waals surface area contributed by atoms with E-state index in [2.05, 4.69) is 9.72 Å². The second-order valence-electron chi connectivity index (χ2n) is 6.74. The highest BCUT2D eigenvalue weighted by Crippen LogP contribution is 2.38. The van der Waals surface area contributed by atoms with Gasteiger partial charge in [0.05, 0.1) is 22.6 Å². The number of piperidine rings is 1. The predicted octanol–water partition coefficient (Wildman–Crippen LogP) is 2.72. The van der Waals surface area contributed by atoms with Crippen molar-refractivity contribution >= 4 is 28.9 Å². The Hall–Kier alpha value is -2.65. The molecule has 1 aromatic heterocycles. The van der Waals surface area contributed by atoms with Gasteiger partial charge >= 0.3 is 5.97 Å². The number of anilines is 1. The first kappa shape index (κ1) is 20.1. The van der Waals surface area contributed by atoms with Gasteiger partial charge in [0.1, 0.15) is 17.6 Å². The number of aliphatic hydroxyl groups excluding tert-OH is 1. The standard InChI is InChI=1S/C18H21ClN4O5/c1-21-8-5-20-17(21)16(24)11-3-6-22(7-4-11)14-10-13(19)12(18(25)28-2)9-15(14)23(26)27/h5,8-11,16,24H,3-4,6-7H2,1-2H3. The fourth-order valence-electron chi connectivity index (χ4n) is 3.55. The third-order valence-corrected chi connectivity index (χ3v) is 5.43. The third-order valence-electron chi connectivity index (χ3n) is 5.12. The van der Waals surface area contributed by atoms with Gasteiger partial charge < -0.3 is 19.3 Å². The van der Waals surface area contributed by atoms with E-state index in [4.69, 9.17) is 11.6 Å². The van der Waals surface area contributed by atoms with Gasteiger partial charge in [-0.3, -0.25) is 10.1 Å². The lowest BCUT2D eigenvalue weighted by atomic mass is 9.90. The molecule has 0 aliphatic carbocycles. The van der Waals surface area contributed by atoms with Crippen molar-refractivity contribution in [1.82, 2.24) is 9.55 Å². The Balaban J connectivity index is 1.80. The fourth-order valence-corrected chi connectivity index (χ4v) is 3.78. The Morgan fingerprint density at radius 3 is 2.64 bits per heavy atom. The lowest BCUT2D eigenvalue weighted by Crippen LogP contribution is -2.36. The summed E-state index contributed by atoms with van der Waals surface area (Å²) < 4.78 is 6.41. The number of hydrogen-bond donors (Lipinski definition) is 1. The van der Waals surface area contributed by atoms with E-state index in [9.17, 15) is 20.0 Å². The van der Waals surface area contributed by atoms with Crippen molar-refractivity contribution in [2.45, 2.75) is 18.9 Å². The van der Waals surface area contributed by atoms with Crippen LogP contribution in [0.4, 0.5) is 11.4 Å². The molecule has 0 bridgehead atoms. The average molecular weight is 409 g/mol. The molecule has 2 heterocycles. The summed E-state index contributed by atoms with van der Waals surface area (Å²) >= 11 is 6.16. The number of aromatic nitrogens is 2. The number of methoxy groups -OCH3 is 1. The maximum atomic E-state index is 11.8. The van der Waals surface area contributed by atoms with Gasteiger partial charge in [0.2, 0.25) is 0 Å². The third kappa shape index (κ3) is 3.81. The number of aryl methyl sites for hydroxylation is 1. The van der Waals surface area contributed by atoms with Crippen molar-refractivity contribution in [2.75, 3.05) is 25.1 Å². The number of halogens is 1. The molecule has 1 saturated heterocycles. The molecule has 3 rings (SSSR count). The van der Waals surface area contributed by atoms with Crippen LogP contribution in [0.25, 0.3) is 0 Å². The summed E-state index contributed by atoms with van der Waals surface area (Å²) in [7, 11) is 3.02. The van der Waals surface area contributed by atoms with Crippen LogP contribution in [-0.2, 0) is 11.8 Å². The van der Waals surface area contributed by atoms with Crippen molar-refractivity contribution in [3.63, 3.8) is 0 Å². The van der Waals surface area contributed by atoms with Crippen LogP contribution >= 0.6 is 11.6 Å². The molecule has 1 unspecified atom stereocenters. The van der Waals surface area contributed by atoms with Crippen LogP contribution in [0.15, 0.2) is 24.5 Å². The molecule has 9 nitrogen and oxygen atoms in total. The highest BCUT2D eigenvalue weighted by molar-refractivity contribution is 6.34. The largest absolute Gasteiger partial charge is 0.465 e. The Bertz CT molecular complexity index is 892. The number of carbonyl (C=O) groups is 1. The van der Waals surface area contributed by atoms with E-state index in [0.29, 0.717) is 37.4 Å². The Morgan fingerprint density at radius 2 is 2.11 bits per heavy atom. The zero-order chi connectivity index (χ0) is 20.4. The summed E-state index contributed by atoms with van der Waals surface area (Å²) in [6.45, 7) is 1.03. The molecule has 0 saturated carbocycles. The number of ether oxygens (including phenoxy) is 1. The number of imidazole rings is 1. The molecule has 0 amide bonds. The van der Waals surface area contributed by atoms with Gasteiger partial charge in [0.15, 0.2) is 0 Å². The first-order valence-electron chi connectivity index (χ1n) is 8.80. The van der Waals surface area contributed by atoms with Crippen LogP contribution in [0.5, 0.6) is 0 Å². The summed E-state index contributed by atoms with van der Waals surface area (Å²) in [6, 6.07) is 2.58. The predicted molar refractivity (Wildman–Crippen MR) is 103 cm³/mol. The molecule has 1 fully saturated rings. The normalized spacial score (nSPS) is 16.1. The molecule has 1 aromatic carbocycles. The van der Waals surface area contributed by atoms with Gasteiger partial charge in [-0.05, 0) is 24.8 Å². The van der Waals surface area contributed by atoms with E-state index in [1.807, 2.05) is 11.9 Å². The number of esters is 1. The summed E-state index contributed by atoms with van der Waals surface area (Å²) in [4.78, 5) is 28.8. The lowest BCUT2D eigenvalue weighted by molar-refractivity contribution is -0.384. The molecular formula is C18H21ClN4O5. The number of nitro benzene ring substituents is 1. The minimum Gasteiger partial charge on any atom is -0.465 e. The molecule has 150 valence electrons. The molecule has 10 heteroatoms. The minimum absolute atomic E-state index is 0.00113. The summed E-state index contributed by atoms with van der Waals surface area (Å²) in [6.07, 6.45) is 4.01. The van der Waals surface area contributed by atoms with Crippen molar-refractivity contribution in [3.8, 4) is 0 Å². The molecule has 1 N–H and O–H groups in total. The summed E-state index contributed by atoms with van der Waals surface area (Å²) in [5.74, 6) is -0.118. The highest BCUT2D eigenvalue weighted by Gasteiger charge is 2.32. The Kier molecular flexibility index (Phi) is 5.85. The Labute approximate surface area is 166 Å². The van der Waals surface area contributed by atoms with E-state index in [0.717, 1.165) is 6.07 Å². The lowest BCUT2D eigenvalue weighted by Gasteiger charge is -2.35. The number of nitro groups is 1. The van der Waals surface area contributed by atoms with Crippen LogP contribution in [-0.4, -0.2) is 45.7 Å². The quantitative estimate of drug-likeness (QED) is 0.460. The van der Waals surface area contributed by atoms with Crippen molar-refractivity contribution in [3.05, 3.63) is 51.1 Å². The maximum absolute atomic E-state index is 11.8. The molecule has 0 radical (unpaired) electrons. The van der Waals surface area contributed by atoms with Gasteiger partial charge in [0.25, 0.3) is 5.69 Å². The smallest absolute Gasteiger partial charge is 0.339 e. The van der Waals surface area contributed by atoms with Gasteiger partial charge in [-0.15, -0.1) is 0 Å². The number of rotatable bonds is 5. The van der Waals surface area contributed by atoms with Crippen LogP contribution in [0, 0.1) is 16.0 Å². The average Bonchev–Trinajstić information content (AvgIpc) is 3.12. The van der Waals surface area contributed by atoms with E-state index in [1.54, 1.807) is 17.0 Å². The number of carbonyl (C=O) groups excluding carboxylic acids is 1. The van der Waals surface area contributed by atoms with Gasteiger partial charge in [0, 0.05) is 38.6 Å². The zero-order valence-electron chi connectivity index (χ0n) is 15.5. The van der Waals surface area contributed by atoms with Crippen molar-refractivity contribution in [1.29, 1.82) is 0 Å². The van der Waals surface area contributed by atoms with Crippen LogP contribution in [0.3, 0.4) is 0 Å². The van der Waals surface area contributed by atoms with Gasteiger partial charge in [-0.2, -0.15) is 0 Å². The number of nitrogens with zero attached hydrogens (tertiary/aromatic N) is 4. The van der Waals surface area contributed by atoms with Gasteiger partial charge in [-0.1, -0.05) is 11.6 Å². The molecule has 1 aliphatic rings. The molecule has 0 spiro atoms. The van der Waals surface area contributed by atoms with Crippen molar-refractivity contribution < 1.29 is 19.6 Å². The monoisotopic (exact) mass is 408 g/mol. The first-order chi connectivity index (χ1) is 13.3. The first-order valence-corrected chi connectivity index (χ1v) is 9.17. The van der Waals surface area contributed by atoms with Crippen LogP contribution < -0.4 is 4.90 Å². The molecule has 1 atom stereocenters. The highest BCUT2D eigenvalue weighted by atomic mass is 35.5. The molecule has 2 aromatic rings. The molecular weight excluding hydrogens is 388 g/mol. The van der Waals surface area contributed by atoms with E-state index < -0.39 is 17.0 Å². The number of hydrogen-bond acceptors (Lipinski definition) is 7. The van der Waals surface area contributed by atoms with Crippen LogP contribution in [0.1, 0.15) is 35.1 Å². The van der Waals surface area contributed by atoms with Crippen molar-refractivity contribution in [2.24, 2.45) is 13.0 Å². The van der Waals surface area contributed by atoms with Crippen LogP contribution in [0.2, 0.25) is 5.02 Å². The fraction of sp³-hybridized carbons (Fsp3) is 0.444. The maximum Gasteiger partial charge on any atom is 0.339 e. The minimum atomic E-state index is -0.725. The molecule has 28 heavy (non-hydrogen) atoms. The van der Waals surface area contributed by atoms with Gasteiger partial charge in [-0.25, -0.2) is 9.78 Å². The topological polar surface area (TPSA) is 111 Å². The Morgan fingerprint density at radius 1 is 1.43 bits per heavy atom. The zero-order valence-corrected chi connectivity index (χ0v) is 16.3. The number of benzene rings is 1.